The zero-order valence-electron chi connectivity index (χ0n) is 12.5. The third-order valence-electron chi connectivity index (χ3n) is 2.98. The molecule has 8 heteroatoms. The number of benzene rings is 1. The number of aromatic nitrogens is 1. The van der Waals surface area contributed by atoms with Gasteiger partial charge in [-0.2, -0.15) is 0 Å². The molecule has 1 aromatic heterocycles. The van der Waals surface area contributed by atoms with Crippen LogP contribution < -0.4 is 10.1 Å². The van der Waals surface area contributed by atoms with Crippen molar-refractivity contribution in [3.05, 3.63) is 55.3 Å². The van der Waals surface area contributed by atoms with Crippen LogP contribution in [-0.2, 0) is 0 Å². The van der Waals surface area contributed by atoms with Gasteiger partial charge in [0.05, 0.1) is 17.2 Å². The Morgan fingerprint density at radius 1 is 1.39 bits per heavy atom. The van der Waals surface area contributed by atoms with Crippen LogP contribution in [0.1, 0.15) is 23.0 Å². The van der Waals surface area contributed by atoms with Gasteiger partial charge in [-0.1, -0.05) is 0 Å². The van der Waals surface area contributed by atoms with E-state index in [1.165, 1.54) is 18.2 Å². The summed E-state index contributed by atoms with van der Waals surface area (Å²) in [6.07, 6.45) is 0. The van der Waals surface area contributed by atoms with Crippen LogP contribution in [0.15, 0.2) is 30.3 Å². The molecule has 7 nitrogen and oxygen atoms in total. The molecule has 0 fully saturated rings. The molecule has 2 rings (SSSR count). The summed E-state index contributed by atoms with van der Waals surface area (Å²) in [4.78, 5) is 27.0. The third kappa shape index (κ3) is 4.15. The normalized spacial score (nSPS) is 10.2. The van der Waals surface area contributed by atoms with E-state index in [4.69, 9.17) is 4.74 Å². The minimum absolute atomic E-state index is 0.136. The fourth-order valence-electron chi connectivity index (χ4n) is 1.88. The van der Waals surface area contributed by atoms with E-state index in [-0.39, 0.29) is 17.0 Å². The second-order valence-corrected chi connectivity index (χ2v) is 5.75. The summed E-state index contributed by atoms with van der Waals surface area (Å²) < 4.78 is 6.18. The molecular weight excluding hydrogens is 413 g/mol. The highest BCUT2D eigenvalue weighted by atomic mass is 127. The SMILES string of the molecule is CCOc1ccc(C(=O)Nc2ccc(I)c(C)n2)cc1[N+](=O)[O-]. The maximum Gasteiger partial charge on any atom is 0.311 e. The number of carbonyl (C=O) groups excluding carboxylic acids is 1. The summed E-state index contributed by atoms with van der Waals surface area (Å²) >= 11 is 2.15. The molecule has 1 heterocycles. The molecule has 23 heavy (non-hydrogen) atoms. The predicted octanol–water partition coefficient (Wildman–Crippen LogP) is 3.55. The van der Waals surface area contributed by atoms with Gasteiger partial charge in [-0.3, -0.25) is 14.9 Å². The van der Waals surface area contributed by atoms with E-state index in [1.807, 2.05) is 13.0 Å². The predicted molar refractivity (Wildman–Crippen MR) is 93.9 cm³/mol. The Bertz CT molecular complexity index is 764. The highest BCUT2D eigenvalue weighted by Crippen LogP contribution is 2.28. The van der Waals surface area contributed by atoms with Crippen molar-refractivity contribution in [1.82, 2.24) is 4.98 Å². The summed E-state index contributed by atoms with van der Waals surface area (Å²) in [5.74, 6) is 0.0611. The molecule has 0 spiro atoms. The largest absolute Gasteiger partial charge is 0.487 e. The van der Waals surface area contributed by atoms with E-state index in [0.717, 1.165) is 9.26 Å². The molecule has 1 aromatic carbocycles. The lowest BCUT2D eigenvalue weighted by Crippen LogP contribution is -2.14. The van der Waals surface area contributed by atoms with Crippen molar-refractivity contribution in [3.63, 3.8) is 0 Å². The van der Waals surface area contributed by atoms with E-state index >= 15 is 0 Å². The molecule has 120 valence electrons. The van der Waals surface area contributed by atoms with Crippen LogP contribution in [0.3, 0.4) is 0 Å². The summed E-state index contributed by atoms with van der Waals surface area (Å²) in [5.41, 5.74) is 0.713. The number of nitrogens with one attached hydrogen (secondary N) is 1. The number of rotatable bonds is 5. The number of hydrogen-bond acceptors (Lipinski definition) is 5. The lowest BCUT2D eigenvalue weighted by atomic mass is 10.1. The van der Waals surface area contributed by atoms with Crippen LogP contribution in [0.5, 0.6) is 5.75 Å². The number of aryl methyl sites for hydroxylation is 1. The van der Waals surface area contributed by atoms with E-state index in [9.17, 15) is 14.9 Å². The second-order valence-electron chi connectivity index (χ2n) is 4.59. The van der Waals surface area contributed by atoms with Crippen molar-refractivity contribution in [2.24, 2.45) is 0 Å². The van der Waals surface area contributed by atoms with Gasteiger partial charge in [0.15, 0.2) is 5.75 Å². The Kier molecular flexibility index (Phi) is 5.48. The number of nitro benzene ring substituents is 1. The van der Waals surface area contributed by atoms with Gasteiger partial charge in [0, 0.05) is 15.2 Å². The van der Waals surface area contributed by atoms with Crippen molar-refractivity contribution in [2.75, 3.05) is 11.9 Å². The number of anilines is 1. The number of pyridine rings is 1. The van der Waals surface area contributed by atoms with Crippen molar-refractivity contribution in [1.29, 1.82) is 0 Å². The Hall–Kier alpha value is -2.23. The standard InChI is InChI=1S/C15H14IN3O4/c1-3-23-13-6-4-10(8-12(13)19(21)22)15(20)18-14-7-5-11(16)9(2)17-14/h4-8H,3H2,1-2H3,(H,17,18,20). The molecule has 0 unspecified atom stereocenters. The lowest BCUT2D eigenvalue weighted by molar-refractivity contribution is -0.385. The fraction of sp³-hybridized carbons (Fsp3) is 0.200. The molecule has 0 saturated heterocycles. The van der Waals surface area contributed by atoms with Crippen LogP contribution in [0.4, 0.5) is 11.5 Å². The molecule has 0 aliphatic carbocycles. The van der Waals surface area contributed by atoms with E-state index in [2.05, 4.69) is 32.9 Å². The number of nitrogens with zero attached hydrogens (tertiary/aromatic N) is 2. The first-order chi connectivity index (χ1) is 10.9. The molecule has 0 aliphatic rings. The van der Waals surface area contributed by atoms with Crippen LogP contribution in [0.25, 0.3) is 0 Å². The highest BCUT2D eigenvalue weighted by Gasteiger charge is 2.19. The maximum absolute atomic E-state index is 12.2. The van der Waals surface area contributed by atoms with Gasteiger partial charge in [0.2, 0.25) is 0 Å². The van der Waals surface area contributed by atoms with Gasteiger partial charge in [-0.25, -0.2) is 4.98 Å². The van der Waals surface area contributed by atoms with Crippen molar-refractivity contribution >= 4 is 40.0 Å². The van der Waals surface area contributed by atoms with Gasteiger partial charge in [0.1, 0.15) is 5.82 Å². The molecule has 2 aromatic rings. The van der Waals surface area contributed by atoms with Gasteiger partial charge in [-0.05, 0) is 60.7 Å². The number of halogens is 1. The second kappa shape index (κ2) is 7.36. The number of nitro groups is 1. The summed E-state index contributed by atoms with van der Waals surface area (Å²) in [7, 11) is 0. The molecule has 0 aliphatic heterocycles. The molecule has 0 bridgehead atoms. The van der Waals surface area contributed by atoms with Crippen LogP contribution in [0.2, 0.25) is 0 Å². The highest BCUT2D eigenvalue weighted by molar-refractivity contribution is 14.1. The number of carbonyl (C=O) groups is 1. The van der Waals surface area contributed by atoms with E-state index in [0.29, 0.717) is 12.4 Å². The van der Waals surface area contributed by atoms with Crippen LogP contribution in [-0.4, -0.2) is 22.4 Å². The minimum Gasteiger partial charge on any atom is -0.487 e. The molecule has 1 amide bonds. The van der Waals surface area contributed by atoms with Gasteiger partial charge in [-0.15, -0.1) is 0 Å². The average Bonchev–Trinajstić information content (AvgIpc) is 2.51. The first-order valence-corrected chi connectivity index (χ1v) is 7.86. The Morgan fingerprint density at radius 3 is 2.74 bits per heavy atom. The molecule has 0 saturated carbocycles. The van der Waals surface area contributed by atoms with Gasteiger partial charge < -0.3 is 10.1 Å². The fourth-order valence-corrected chi connectivity index (χ4v) is 2.18. The number of amides is 1. The van der Waals surface area contributed by atoms with Crippen LogP contribution in [0, 0.1) is 20.6 Å². The Labute approximate surface area is 146 Å². The summed E-state index contributed by atoms with van der Waals surface area (Å²) in [5, 5.41) is 13.7. The van der Waals surface area contributed by atoms with E-state index in [1.54, 1.807) is 13.0 Å². The van der Waals surface area contributed by atoms with Crippen molar-refractivity contribution in [3.8, 4) is 5.75 Å². The monoisotopic (exact) mass is 427 g/mol. The minimum atomic E-state index is -0.574. The molecule has 0 atom stereocenters. The Morgan fingerprint density at radius 2 is 2.13 bits per heavy atom. The zero-order chi connectivity index (χ0) is 17.0. The molecule has 1 N–H and O–H groups in total. The van der Waals surface area contributed by atoms with Crippen molar-refractivity contribution < 1.29 is 14.5 Å². The number of hydrogen-bond donors (Lipinski definition) is 1. The molecular formula is C15H14IN3O4. The number of ether oxygens (including phenoxy) is 1. The average molecular weight is 427 g/mol. The Balaban J connectivity index is 2.26. The zero-order valence-corrected chi connectivity index (χ0v) is 14.7. The summed E-state index contributed by atoms with van der Waals surface area (Å²) in [6.45, 7) is 3.87. The first-order valence-electron chi connectivity index (χ1n) is 6.78. The quantitative estimate of drug-likeness (QED) is 0.448. The topological polar surface area (TPSA) is 94.4 Å². The smallest absolute Gasteiger partial charge is 0.311 e. The molecule has 0 radical (unpaired) electrons. The first kappa shape index (κ1) is 17.1. The maximum atomic E-state index is 12.2. The third-order valence-corrected chi connectivity index (χ3v) is 4.12. The van der Waals surface area contributed by atoms with Crippen LogP contribution >= 0.6 is 22.6 Å². The lowest BCUT2D eigenvalue weighted by Gasteiger charge is -2.08. The summed E-state index contributed by atoms with van der Waals surface area (Å²) in [6, 6.07) is 7.60. The van der Waals surface area contributed by atoms with E-state index < -0.39 is 10.8 Å². The van der Waals surface area contributed by atoms with Gasteiger partial charge >= 0.3 is 5.69 Å². The van der Waals surface area contributed by atoms with Gasteiger partial charge in [0.25, 0.3) is 5.91 Å². The van der Waals surface area contributed by atoms with Crippen molar-refractivity contribution in [2.45, 2.75) is 13.8 Å².